The molecule has 6 nitrogen and oxygen atoms in total. The molecule has 1 saturated heterocycles. The van der Waals surface area contributed by atoms with Crippen LogP contribution in [0.5, 0.6) is 5.75 Å². The van der Waals surface area contributed by atoms with Gasteiger partial charge in [0.2, 0.25) is 0 Å². The highest BCUT2D eigenvalue weighted by Crippen LogP contribution is 2.26. The van der Waals surface area contributed by atoms with Gasteiger partial charge >= 0.3 is 0 Å². The Kier molecular flexibility index (Phi) is 6.25. The zero-order chi connectivity index (χ0) is 18.4. The maximum atomic E-state index is 11.8. The Morgan fingerprint density at radius 3 is 2.65 bits per heavy atom. The molecule has 1 aliphatic heterocycles. The molecule has 0 spiro atoms. The van der Waals surface area contributed by atoms with E-state index in [0.717, 1.165) is 5.82 Å². The second-order valence-corrected chi connectivity index (χ2v) is 7.22. The number of aromatic hydroxyl groups is 1. The zero-order valence-electron chi connectivity index (χ0n) is 14.8. The van der Waals surface area contributed by atoms with Crippen LogP contribution in [0.25, 0.3) is 11.0 Å². The lowest BCUT2D eigenvalue weighted by molar-refractivity contribution is 0.0964. The summed E-state index contributed by atoms with van der Waals surface area (Å²) in [6.07, 6.45) is 4.87. The highest BCUT2D eigenvalue weighted by atomic mass is 32.1. The number of aromatic amines is 1. The highest BCUT2D eigenvalue weighted by Gasteiger charge is 2.15. The molecule has 26 heavy (non-hydrogen) atoms. The Bertz CT molecular complexity index is 842. The standard InChI is InChI=1S/C14H13N3O2S.C5H11N/c1-15-14(19)9-4-5-10(18)13-12(9)16-11(17-13)7-8-3-2-6-20-8;1-2-4-6-5-3-1/h2-6,18H,7H2,1H3,(H,15,19)(H,16,17);6H,1-5H2. The summed E-state index contributed by atoms with van der Waals surface area (Å²) in [5.74, 6) is 0.607. The van der Waals surface area contributed by atoms with Crippen molar-refractivity contribution in [2.75, 3.05) is 20.1 Å². The van der Waals surface area contributed by atoms with E-state index in [4.69, 9.17) is 0 Å². The van der Waals surface area contributed by atoms with E-state index in [2.05, 4.69) is 20.6 Å². The van der Waals surface area contributed by atoms with Crippen LogP contribution in [0.1, 0.15) is 40.3 Å². The highest BCUT2D eigenvalue weighted by molar-refractivity contribution is 7.09. The predicted molar refractivity (Wildman–Crippen MR) is 105 cm³/mol. The van der Waals surface area contributed by atoms with Crippen molar-refractivity contribution in [1.29, 1.82) is 0 Å². The fourth-order valence-electron chi connectivity index (χ4n) is 2.91. The number of carbonyl (C=O) groups excluding carboxylic acids is 1. The number of nitrogens with one attached hydrogen (secondary N) is 3. The molecule has 2 aromatic heterocycles. The van der Waals surface area contributed by atoms with Crippen LogP contribution in [0.3, 0.4) is 0 Å². The number of benzene rings is 1. The third-order valence-electron chi connectivity index (χ3n) is 4.27. The first-order valence-electron chi connectivity index (χ1n) is 8.85. The molecule has 1 amide bonds. The average molecular weight is 372 g/mol. The van der Waals surface area contributed by atoms with Crippen molar-refractivity contribution < 1.29 is 9.90 Å². The van der Waals surface area contributed by atoms with Gasteiger partial charge in [-0.2, -0.15) is 0 Å². The number of imidazole rings is 1. The van der Waals surface area contributed by atoms with E-state index in [0.29, 0.717) is 23.0 Å². The van der Waals surface area contributed by atoms with Gasteiger partial charge in [-0.05, 0) is 49.5 Å². The molecule has 0 radical (unpaired) electrons. The van der Waals surface area contributed by atoms with E-state index in [1.165, 1.54) is 43.3 Å². The number of amides is 1. The molecule has 0 aliphatic carbocycles. The first kappa shape index (κ1) is 18.4. The SMILES string of the molecule is C1CCNCC1.CNC(=O)c1ccc(O)c2[nH]c(Cc3cccs3)nc12. The van der Waals surface area contributed by atoms with Crippen molar-refractivity contribution in [3.63, 3.8) is 0 Å². The Morgan fingerprint density at radius 1 is 1.27 bits per heavy atom. The van der Waals surface area contributed by atoms with Gasteiger partial charge < -0.3 is 20.7 Å². The number of hydrogen-bond donors (Lipinski definition) is 4. The van der Waals surface area contributed by atoms with Gasteiger partial charge in [0, 0.05) is 18.3 Å². The summed E-state index contributed by atoms with van der Waals surface area (Å²) < 4.78 is 0. The van der Waals surface area contributed by atoms with Crippen molar-refractivity contribution >= 4 is 28.3 Å². The minimum Gasteiger partial charge on any atom is -0.506 e. The Hall–Kier alpha value is -2.38. The van der Waals surface area contributed by atoms with Crippen LogP contribution in [0.2, 0.25) is 0 Å². The molecule has 4 N–H and O–H groups in total. The monoisotopic (exact) mass is 372 g/mol. The minimum atomic E-state index is -0.218. The number of hydrogen-bond acceptors (Lipinski definition) is 5. The molecule has 3 aromatic rings. The number of H-pyrrole nitrogens is 1. The van der Waals surface area contributed by atoms with E-state index in [1.807, 2.05) is 17.5 Å². The topological polar surface area (TPSA) is 90.0 Å². The Labute approximate surface area is 156 Å². The smallest absolute Gasteiger partial charge is 0.253 e. The summed E-state index contributed by atoms with van der Waals surface area (Å²) in [5.41, 5.74) is 1.45. The third kappa shape index (κ3) is 4.42. The molecule has 4 rings (SSSR count). The van der Waals surface area contributed by atoms with Gasteiger partial charge in [-0.25, -0.2) is 4.98 Å². The summed E-state index contributed by atoms with van der Waals surface area (Å²) in [4.78, 5) is 20.5. The molecule has 138 valence electrons. The number of aromatic nitrogens is 2. The lowest BCUT2D eigenvalue weighted by Gasteiger charge is -2.08. The van der Waals surface area contributed by atoms with Crippen LogP contribution in [0.4, 0.5) is 0 Å². The van der Waals surface area contributed by atoms with Gasteiger partial charge in [0.05, 0.1) is 5.56 Å². The molecule has 0 unspecified atom stereocenters. The van der Waals surface area contributed by atoms with Crippen molar-refractivity contribution in [1.82, 2.24) is 20.6 Å². The summed E-state index contributed by atoms with van der Waals surface area (Å²) in [5, 5.41) is 17.8. The van der Waals surface area contributed by atoms with Crippen LogP contribution in [-0.4, -0.2) is 41.1 Å². The van der Waals surface area contributed by atoms with Crippen LogP contribution in [-0.2, 0) is 6.42 Å². The third-order valence-corrected chi connectivity index (χ3v) is 5.15. The maximum Gasteiger partial charge on any atom is 0.253 e. The largest absolute Gasteiger partial charge is 0.506 e. The quantitative estimate of drug-likeness (QED) is 0.569. The van der Waals surface area contributed by atoms with E-state index >= 15 is 0 Å². The molecule has 0 atom stereocenters. The number of piperidine rings is 1. The van der Waals surface area contributed by atoms with Gasteiger partial charge in [0.25, 0.3) is 5.91 Å². The van der Waals surface area contributed by atoms with Crippen molar-refractivity contribution in [3.05, 3.63) is 45.9 Å². The first-order valence-corrected chi connectivity index (χ1v) is 9.72. The lowest BCUT2D eigenvalue weighted by Crippen LogP contribution is -2.21. The van der Waals surface area contributed by atoms with Gasteiger partial charge in [-0.15, -0.1) is 11.3 Å². The van der Waals surface area contributed by atoms with Crippen LogP contribution in [0, 0.1) is 0 Å². The van der Waals surface area contributed by atoms with Crippen molar-refractivity contribution in [2.24, 2.45) is 0 Å². The Morgan fingerprint density at radius 2 is 2.08 bits per heavy atom. The van der Waals surface area contributed by atoms with Gasteiger partial charge in [-0.3, -0.25) is 4.79 Å². The number of carbonyl (C=O) groups is 1. The summed E-state index contributed by atoms with van der Waals surface area (Å²) in [6, 6.07) is 7.08. The van der Waals surface area contributed by atoms with Crippen molar-refractivity contribution in [3.8, 4) is 5.75 Å². The second-order valence-electron chi connectivity index (χ2n) is 6.19. The summed E-state index contributed by atoms with van der Waals surface area (Å²) >= 11 is 1.65. The molecule has 3 heterocycles. The number of fused-ring (bicyclic) bond motifs is 1. The molecule has 1 aliphatic rings. The normalized spacial score (nSPS) is 13.9. The zero-order valence-corrected chi connectivity index (χ0v) is 15.7. The summed E-state index contributed by atoms with van der Waals surface area (Å²) in [6.45, 7) is 2.50. The minimum absolute atomic E-state index is 0.0950. The number of phenolic OH excluding ortho intramolecular Hbond substituents is 1. The van der Waals surface area contributed by atoms with Gasteiger partial charge in [-0.1, -0.05) is 12.5 Å². The van der Waals surface area contributed by atoms with Crippen LogP contribution < -0.4 is 10.6 Å². The molecule has 7 heteroatoms. The average Bonchev–Trinajstić information content (AvgIpc) is 3.34. The first-order chi connectivity index (χ1) is 12.7. The van der Waals surface area contributed by atoms with Gasteiger partial charge in [0.15, 0.2) is 0 Å². The number of thiophene rings is 1. The van der Waals surface area contributed by atoms with E-state index < -0.39 is 0 Å². The summed E-state index contributed by atoms with van der Waals surface area (Å²) in [7, 11) is 1.57. The number of rotatable bonds is 3. The molecular formula is C19H24N4O2S. The fraction of sp³-hybridized carbons (Fsp3) is 0.368. The fourth-order valence-corrected chi connectivity index (χ4v) is 3.62. The van der Waals surface area contributed by atoms with Crippen molar-refractivity contribution in [2.45, 2.75) is 25.7 Å². The van der Waals surface area contributed by atoms with E-state index in [-0.39, 0.29) is 11.7 Å². The lowest BCUT2D eigenvalue weighted by atomic mass is 10.1. The maximum absolute atomic E-state index is 11.8. The predicted octanol–water partition coefficient (Wildman–Crippen LogP) is 3.04. The molecular weight excluding hydrogens is 348 g/mol. The second kappa shape index (κ2) is 8.82. The number of phenols is 1. The molecule has 0 saturated carbocycles. The molecule has 1 aromatic carbocycles. The van der Waals surface area contributed by atoms with E-state index in [9.17, 15) is 9.90 Å². The van der Waals surface area contributed by atoms with Crippen LogP contribution in [0.15, 0.2) is 29.6 Å². The van der Waals surface area contributed by atoms with E-state index in [1.54, 1.807) is 24.5 Å². The van der Waals surface area contributed by atoms with Crippen LogP contribution >= 0.6 is 11.3 Å². The molecule has 1 fully saturated rings. The van der Waals surface area contributed by atoms with Gasteiger partial charge in [0.1, 0.15) is 22.6 Å². The number of nitrogens with zero attached hydrogens (tertiary/aromatic N) is 1. The molecule has 0 bridgehead atoms. The Balaban J connectivity index is 0.000000278.